The Balaban J connectivity index is 1.89. The molecule has 0 aliphatic rings. The van der Waals surface area contributed by atoms with E-state index >= 15 is 0 Å². The number of amidine groups is 1. The van der Waals surface area contributed by atoms with Crippen LogP contribution in [-0.4, -0.2) is 17.7 Å². The predicted octanol–water partition coefficient (Wildman–Crippen LogP) is 2.68. The molecular weight excluding hydrogens is 328 g/mol. The Kier molecular flexibility index (Phi) is 4.53. The third kappa shape index (κ3) is 3.62. The molecule has 3 rings (SSSR count). The van der Waals surface area contributed by atoms with E-state index in [1.54, 1.807) is 36.4 Å². The van der Waals surface area contributed by atoms with Gasteiger partial charge in [-0.2, -0.15) is 0 Å². The van der Waals surface area contributed by atoms with Crippen LogP contribution in [-0.2, 0) is 0 Å². The second-order valence-corrected chi connectivity index (χ2v) is 5.73. The molecule has 26 heavy (non-hydrogen) atoms. The fraction of sp³-hybridized carbons (Fsp3) is 0. The maximum absolute atomic E-state index is 12.5. The first-order valence-corrected chi connectivity index (χ1v) is 7.83. The molecule has 7 nitrogen and oxygen atoms in total. The van der Waals surface area contributed by atoms with Gasteiger partial charge in [-0.1, -0.05) is 24.3 Å². The summed E-state index contributed by atoms with van der Waals surface area (Å²) in [6.07, 6.45) is 0. The quantitative estimate of drug-likeness (QED) is 0.319. The van der Waals surface area contributed by atoms with Crippen molar-refractivity contribution < 1.29 is 4.79 Å². The Hall–Kier alpha value is -3.87. The van der Waals surface area contributed by atoms with E-state index in [1.165, 1.54) is 0 Å². The molecule has 7 heteroatoms. The molecule has 0 aromatic heterocycles. The van der Waals surface area contributed by atoms with Gasteiger partial charge in [0.15, 0.2) is 5.96 Å². The highest BCUT2D eigenvalue weighted by molar-refractivity contribution is 6.11. The van der Waals surface area contributed by atoms with Gasteiger partial charge in [-0.05, 0) is 47.2 Å². The van der Waals surface area contributed by atoms with E-state index in [1.807, 2.05) is 24.3 Å². The Morgan fingerprint density at radius 3 is 2.04 bits per heavy atom. The van der Waals surface area contributed by atoms with Crippen LogP contribution in [0, 0.1) is 10.8 Å². The van der Waals surface area contributed by atoms with E-state index in [4.69, 9.17) is 22.3 Å². The summed E-state index contributed by atoms with van der Waals surface area (Å²) in [5.74, 6) is -0.617. The van der Waals surface area contributed by atoms with Crippen LogP contribution in [0.3, 0.4) is 0 Å². The minimum absolute atomic E-state index is 0.118. The molecule has 0 radical (unpaired) electrons. The Bertz CT molecular complexity index is 1010. The molecule has 0 aliphatic heterocycles. The molecular formula is C19H18N6O. The minimum atomic E-state index is -0.322. The van der Waals surface area contributed by atoms with Gasteiger partial charge in [-0.15, -0.1) is 0 Å². The topological polar surface area (TPSA) is 141 Å². The van der Waals surface area contributed by atoms with Crippen molar-refractivity contribution in [1.29, 1.82) is 10.8 Å². The summed E-state index contributed by atoms with van der Waals surface area (Å²) in [6, 6.07) is 17.8. The van der Waals surface area contributed by atoms with Crippen LogP contribution in [0.15, 0.2) is 60.7 Å². The van der Waals surface area contributed by atoms with Gasteiger partial charge in [0.1, 0.15) is 5.84 Å². The number of anilines is 2. The second-order valence-electron chi connectivity index (χ2n) is 5.73. The van der Waals surface area contributed by atoms with Gasteiger partial charge in [-0.25, -0.2) is 0 Å². The monoisotopic (exact) mass is 346 g/mol. The number of rotatable bonds is 4. The summed E-state index contributed by atoms with van der Waals surface area (Å²) in [5, 5.41) is 22.3. The summed E-state index contributed by atoms with van der Waals surface area (Å²) < 4.78 is 0. The van der Waals surface area contributed by atoms with Gasteiger partial charge in [0, 0.05) is 16.8 Å². The van der Waals surface area contributed by atoms with Crippen molar-refractivity contribution in [2.45, 2.75) is 0 Å². The van der Waals surface area contributed by atoms with Crippen molar-refractivity contribution in [2.24, 2.45) is 11.5 Å². The molecule has 8 N–H and O–H groups in total. The Morgan fingerprint density at radius 2 is 1.46 bits per heavy atom. The number of guanidine groups is 1. The zero-order valence-electron chi connectivity index (χ0n) is 13.8. The zero-order chi connectivity index (χ0) is 18.7. The number of fused-ring (bicyclic) bond motifs is 1. The highest BCUT2D eigenvalue weighted by Crippen LogP contribution is 2.24. The average Bonchev–Trinajstić information content (AvgIpc) is 2.61. The summed E-state index contributed by atoms with van der Waals surface area (Å²) in [7, 11) is 0. The summed E-state index contributed by atoms with van der Waals surface area (Å²) in [6.45, 7) is 0. The molecule has 0 saturated heterocycles. The van der Waals surface area contributed by atoms with Crippen LogP contribution in [0.4, 0.5) is 11.4 Å². The van der Waals surface area contributed by atoms with Crippen LogP contribution in [0.5, 0.6) is 0 Å². The van der Waals surface area contributed by atoms with Crippen LogP contribution in [0.1, 0.15) is 15.9 Å². The third-order valence-electron chi connectivity index (χ3n) is 3.85. The van der Waals surface area contributed by atoms with Gasteiger partial charge >= 0.3 is 0 Å². The lowest BCUT2D eigenvalue weighted by Crippen LogP contribution is -2.20. The molecule has 3 aromatic rings. The number of nitrogen functional groups attached to an aromatic ring is 1. The summed E-state index contributed by atoms with van der Waals surface area (Å²) in [5.41, 5.74) is 12.9. The van der Waals surface area contributed by atoms with Crippen LogP contribution in [0.2, 0.25) is 0 Å². The molecule has 0 fully saturated rings. The molecule has 0 saturated carbocycles. The van der Waals surface area contributed by atoms with Crippen molar-refractivity contribution in [3.8, 4) is 0 Å². The van der Waals surface area contributed by atoms with E-state index in [0.717, 1.165) is 10.8 Å². The Morgan fingerprint density at radius 1 is 0.846 bits per heavy atom. The van der Waals surface area contributed by atoms with E-state index < -0.39 is 0 Å². The molecule has 130 valence electrons. The first-order valence-electron chi connectivity index (χ1n) is 7.83. The first kappa shape index (κ1) is 17.0. The fourth-order valence-corrected chi connectivity index (χ4v) is 2.62. The molecule has 0 bridgehead atoms. The number of benzene rings is 3. The van der Waals surface area contributed by atoms with E-state index in [-0.39, 0.29) is 17.7 Å². The molecule has 0 heterocycles. The van der Waals surface area contributed by atoms with Gasteiger partial charge < -0.3 is 22.1 Å². The van der Waals surface area contributed by atoms with Gasteiger partial charge in [0.25, 0.3) is 5.91 Å². The van der Waals surface area contributed by atoms with Crippen molar-refractivity contribution in [3.05, 3.63) is 71.8 Å². The normalized spacial score (nSPS) is 10.3. The fourth-order valence-electron chi connectivity index (χ4n) is 2.62. The molecule has 0 unspecified atom stereocenters. The minimum Gasteiger partial charge on any atom is -0.384 e. The maximum Gasteiger partial charge on any atom is 0.255 e. The van der Waals surface area contributed by atoms with Crippen molar-refractivity contribution >= 4 is 39.8 Å². The molecule has 0 atom stereocenters. The Labute approximate surface area is 150 Å². The van der Waals surface area contributed by atoms with Gasteiger partial charge in [-0.3, -0.25) is 15.6 Å². The summed E-state index contributed by atoms with van der Waals surface area (Å²) >= 11 is 0. The van der Waals surface area contributed by atoms with Crippen LogP contribution >= 0.6 is 0 Å². The maximum atomic E-state index is 12.5. The smallest absolute Gasteiger partial charge is 0.255 e. The molecule has 0 aliphatic carbocycles. The van der Waals surface area contributed by atoms with Gasteiger partial charge in [0.05, 0.1) is 5.69 Å². The number of carbonyl (C=O) groups excluding carboxylic acids is 1. The SMILES string of the molecule is N=C(N)Nc1ccc(C(=O)Nc2cc3ccccc3cc2C(=N)N)cc1. The van der Waals surface area contributed by atoms with Crippen molar-refractivity contribution in [2.75, 3.05) is 10.6 Å². The standard InChI is InChI=1S/C19H18N6O/c20-17(21)15-9-12-3-1-2-4-13(12)10-16(15)25-18(26)11-5-7-14(8-6-11)24-19(22)23/h1-10H,(H3,20,21)(H,25,26)(H4,22,23,24). The molecule has 3 aromatic carbocycles. The largest absolute Gasteiger partial charge is 0.384 e. The lowest BCUT2D eigenvalue weighted by atomic mass is 10.0. The second kappa shape index (κ2) is 6.94. The third-order valence-corrected chi connectivity index (χ3v) is 3.85. The number of hydrogen-bond donors (Lipinski definition) is 6. The predicted molar refractivity (Wildman–Crippen MR) is 105 cm³/mol. The van der Waals surface area contributed by atoms with Gasteiger partial charge in [0.2, 0.25) is 0 Å². The lowest BCUT2D eigenvalue weighted by Gasteiger charge is -2.12. The average molecular weight is 346 g/mol. The number of amides is 1. The summed E-state index contributed by atoms with van der Waals surface area (Å²) in [4.78, 5) is 12.5. The number of nitrogens with two attached hydrogens (primary N) is 2. The lowest BCUT2D eigenvalue weighted by molar-refractivity contribution is 0.102. The van der Waals surface area contributed by atoms with Crippen molar-refractivity contribution in [3.63, 3.8) is 0 Å². The van der Waals surface area contributed by atoms with E-state index in [9.17, 15) is 4.79 Å². The number of nitrogens with one attached hydrogen (secondary N) is 4. The molecule has 1 amide bonds. The molecule has 0 spiro atoms. The van der Waals surface area contributed by atoms with E-state index in [2.05, 4.69) is 10.6 Å². The number of carbonyl (C=O) groups is 1. The van der Waals surface area contributed by atoms with Crippen LogP contribution < -0.4 is 22.1 Å². The first-order chi connectivity index (χ1) is 12.4. The highest BCUT2D eigenvalue weighted by Gasteiger charge is 2.12. The zero-order valence-corrected chi connectivity index (χ0v) is 13.8. The van der Waals surface area contributed by atoms with E-state index in [0.29, 0.717) is 22.5 Å². The van der Waals surface area contributed by atoms with Crippen LogP contribution in [0.25, 0.3) is 10.8 Å². The van der Waals surface area contributed by atoms with Crippen molar-refractivity contribution in [1.82, 2.24) is 0 Å². The number of hydrogen-bond acceptors (Lipinski definition) is 3. The highest BCUT2D eigenvalue weighted by atomic mass is 16.1.